The lowest BCUT2D eigenvalue weighted by molar-refractivity contribution is 0.600. The monoisotopic (exact) mass is 419 g/mol. The Kier molecular flexibility index (Phi) is 4.36. The summed E-state index contributed by atoms with van der Waals surface area (Å²) in [7, 11) is -3.73. The normalized spacial score (nSPS) is 11.3. The summed E-state index contributed by atoms with van der Waals surface area (Å²) in [6, 6.07) is 6.35. The van der Waals surface area contributed by atoms with Crippen LogP contribution in [0.1, 0.15) is 5.56 Å². The molecule has 1 aromatic carbocycles. The van der Waals surface area contributed by atoms with Gasteiger partial charge < -0.3 is 5.73 Å². The molecule has 0 unspecified atom stereocenters. The van der Waals surface area contributed by atoms with E-state index in [4.69, 9.17) is 5.73 Å². The fraction of sp³-hybridized carbons (Fsp3) is 0.0833. The number of sulfonamides is 1. The van der Waals surface area contributed by atoms with E-state index in [0.717, 1.165) is 5.56 Å². The van der Waals surface area contributed by atoms with Crippen LogP contribution in [-0.4, -0.2) is 13.4 Å². The van der Waals surface area contributed by atoms with Gasteiger partial charge in [-0.1, -0.05) is 15.9 Å². The zero-order valence-corrected chi connectivity index (χ0v) is 14.4. The van der Waals surface area contributed by atoms with Gasteiger partial charge in [0.2, 0.25) is 0 Å². The van der Waals surface area contributed by atoms with Crippen LogP contribution in [-0.2, 0) is 10.0 Å². The van der Waals surface area contributed by atoms with E-state index in [1.165, 1.54) is 12.3 Å². The highest BCUT2D eigenvalue weighted by molar-refractivity contribution is 9.11. The average Bonchev–Trinajstić information content (AvgIpc) is 2.36. The van der Waals surface area contributed by atoms with Crippen LogP contribution in [0, 0.1) is 6.92 Å². The molecule has 20 heavy (non-hydrogen) atoms. The van der Waals surface area contributed by atoms with Crippen molar-refractivity contribution in [3.05, 3.63) is 45.0 Å². The first kappa shape index (κ1) is 15.3. The molecule has 5 nitrogen and oxygen atoms in total. The second-order valence-corrected chi connectivity index (χ2v) is 7.47. The number of nitrogens with one attached hydrogen (secondary N) is 1. The third-order valence-electron chi connectivity index (χ3n) is 2.53. The molecule has 1 aromatic heterocycles. The third-order valence-corrected chi connectivity index (χ3v) is 5.70. The van der Waals surface area contributed by atoms with Crippen LogP contribution >= 0.6 is 31.9 Å². The van der Waals surface area contributed by atoms with Gasteiger partial charge in [-0.25, -0.2) is 13.4 Å². The van der Waals surface area contributed by atoms with Gasteiger partial charge >= 0.3 is 0 Å². The molecule has 0 fully saturated rings. The molecule has 0 saturated heterocycles. The zero-order chi connectivity index (χ0) is 14.9. The summed E-state index contributed by atoms with van der Waals surface area (Å²) in [6.07, 6.45) is 1.39. The lowest BCUT2D eigenvalue weighted by Gasteiger charge is -2.10. The minimum absolute atomic E-state index is 0.133. The number of nitrogen functional groups attached to an aromatic ring is 1. The van der Waals surface area contributed by atoms with Crippen molar-refractivity contribution in [1.29, 1.82) is 0 Å². The minimum atomic E-state index is -3.73. The quantitative estimate of drug-likeness (QED) is 0.797. The van der Waals surface area contributed by atoms with E-state index in [0.29, 0.717) is 14.6 Å². The molecule has 2 rings (SSSR count). The molecule has 3 N–H and O–H groups in total. The Morgan fingerprint density at radius 3 is 2.50 bits per heavy atom. The molecule has 0 aliphatic heterocycles. The van der Waals surface area contributed by atoms with Crippen molar-refractivity contribution in [1.82, 2.24) is 4.98 Å². The smallest absolute Gasteiger partial charge is 0.264 e. The Bertz CT molecular complexity index is 746. The Hall–Kier alpha value is -1.12. The van der Waals surface area contributed by atoms with E-state index in [-0.39, 0.29) is 10.7 Å². The van der Waals surface area contributed by atoms with Crippen LogP contribution in [0.2, 0.25) is 0 Å². The number of aryl methyl sites for hydroxylation is 1. The largest absolute Gasteiger partial charge is 0.397 e. The molecule has 0 aliphatic rings. The molecule has 2 aromatic rings. The van der Waals surface area contributed by atoms with Gasteiger partial charge in [0.25, 0.3) is 10.0 Å². The lowest BCUT2D eigenvalue weighted by atomic mass is 10.2. The minimum Gasteiger partial charge on any atom is -0.397 e. The molecule has 0 spiro atoms. The second-order valence-electron chi connectivity index (χ2n) is 4.11. The molecule has 106 valence electrons. The van der Waals surface area contributed by atoms with Crippen molar-refractivity contribution in [2.45, 2.75) is 11.8 Å². The predicted octanol–water partition coefficient (Wildman–Crippen LogP) is 3.30. The molecular formula is C12H11Br2N3O2S. The SMILES string of the molecule is Cc1cc(Br)c(S(=O)(=O)Nc2ccc(N)cn2)cc1Br. The molecule has 0 atom stereocenters. The molecule has 0 aliphatic carbocycles. The number of hydrogen-bond acceptors (Lipinski definition) is 4. The molecule has 0 bridgehead atoms. The van der Waals surface area contributed by atoms with Crippen molar-refractivity contribution in [2.75, 3.05) is 10.5 Å². The van der Waals surface area contributed by atoms with E-state index >= 15 is 0 Å². The first-order valence-electron chi connectivity index (χ1n) is 5.49. The number of anilines is 2. The molecule has 0 saturated carbocycles. The van der Waals surface area contributed by atoms with Crippen molar-refractivity contribution in [3.8, 4) is 0 Å². The van der Waals surface area contributed by atoms with Crippen molar-refractivity contribution in [3.63, 3.8) is 0 Å². The summed E-state index contributed by atoms with van der Waals surface area (Å²) in [6.45, 7) is 1.88. The first-order chi connectivity index (χ1) is 9.29. The number of hydrogen-bond donors (Lipinski definition) is 2. The third kappa shape index (κ3) is 3.31. The summed E-state index contributed by atoms with van der Waals surface area (Å²) in [5.41, 5.74) is 6.91. The van der Waals surface area contributed by atoms with Crippen molar-refractivity contribution in [2.24, 2.45) is 0 Å². The van der Waals surface area contributed by atoms with Crippen molar-refractivity contribution < 1.29 is 8.42 Å². The molecule has 8 heteroatoms. The van der Waals surface area contributed by atoms with Gasteiger partial charge in [0, 0.05) is 8.95 Å². The Labute approximate surface area is 133 Å². The maximum Gasteiger partial charge on any atom is 0.264 e. The van der Waals surface area contributed by atoms with Gasteiger partial charge in [0.1, 0.15) is 10.7 Å². The highest BCUT2D eigenvalue weighted by Gasteiger charge is 2.19. The summed E-state index contributed by atoms with van der Waals surface area (Å²) in [5, 5.41) is 0. The van der Waals surface area contributed by atoms with E-state index < -0.39 is 10.0 Å². The number of aromatic nitrogens is 1. The topological polar surface area (TPSA) is 85.1 Å². The van der Waals surface area contributed by atoms with E-state index in [1.54, 1.807) is 18.2 Å². The number of nitrogens with two attached hydrogens (primary N) is 1. The molecule has 0 radical (unpaired) electrons. The average molecular weight is 421 g/mol. The fourth-order valence-electron chi connectivity index (χ4n) is 1.49. The number of nitrogens with zero attached hydrogens (tertiary/aromatic N) is 1. The zero-order valence-electron chi connectivity index (χ0n) is 10.4. The van der Waals surface area contributed by atoms with Crippen LogP contribution in [0.15, 0.2) is 44.3 Å². The maximum absolute atomic E-state index is 12.3. The van der Waals surface area contributed by atoms with E-state index in [1.807, 2.05) is 6.92 Å². The van der Waals surface area contributed by atoms with Gasteiger partial charge in [0.15, 0.2) is 0 Å². The van der Waals surface area contributed by atoms with Crippen LogP contribution in [0.3, 0.4) is 0 Å². The van der Waals surface area contributed by atoms with E-state index in [9.17, 15) is 8.42 Å². The van der Waals surface area contributed by atoms with Gasteiger partial charge in [-0.3, -0.25) is 4.72 Å². The standard InChI is InChI=1S/C12H11Br2N3O2S/c1-7-4-10(14)11(5-9(7)13)20(18,19)17-12-3-2-8(15)6-16-12/h2-6H,15H2,1H3,(H,16,17). The Balaban J connectivity index is 2.40. The van der Waals surface area contributed by atoms with Crippen LogP contribution in [0.25, 0.3) is 0 Å². The van der Waals surface area contributed by atoms with Crippen LogP contribution in [0.4, 0.5) is 11.5 Å². The van der Waals surface area contributed by atoms with Crippen molar-refractivity contribution >= 4 is 53.4 Å². The number of pyridine rings is 1. The molecular weight excluding hydrogens is 410 g/mol. The second kappa shape index (κ2) is 5.71. The summed E-state index contributed by atoms with van der Waals surface area (Å²) in [4.78, 5) is 4.05. The maximum atomic E-state index is 12.3. The highest BCUT2D eigenvalue weighted by Crippen LogP contribution is 2.29. The summed E-state index contributed by atoms with van der Waals surface area (Å²) >= 11 is 6.58. The Morgan fingerprint density at radius 2 is 1.90 bits per heavy atom. The molecule has 1 heterocycles. The molecule has 0 amide bonds. The highest BCUT2D eigenvalue weighted by atomic mass is 79.9. The number of benzene rings is 1. The predicted molar refractivity (Wildman–Crippen MR) is 86.0 cm³/mol. The van der Waals surface area contributed by atoms with Gasteiger partial charge in [-0.2, -0.15) is 0 Å². The summed E-state index contributed by atoms with van der Waals surface area (Å²) in [5.74, 6) is 0.211. The number of halogens is 2. The number of rotatable bonds is 3. The fourth-order valence-corrected chi connectivity index (χ4v) is 4.18. The van der Waals surface area contributed by atoms with Crippen LogP contribution < -0.4 is 10.5 Å². The lowest BCUT2D eigenvalue weighted by Crippen LogP contribution is -2.14. The first-order valence-corrected chi connectivity index (χ1v) is 8.56. The summed E-state index contributed by atoms with van der Waals surface area (Å²) < 4.78 is 28.3. The van der Waals surface area contributed by atoms with Gasteiger partial charge in [0.05, 0.1) is 11.9 Å². The van der Waals surface area contributed by atoms with Gasteiger partial charge in [-0.05, 0) is 52.7 Å². The van der Waals surface area contributed by atoms with Crippen LogP contribution in [0.5, 0.6) is 0 Å². The van der Waals surface area contributed by atoms with Gasteiger partial charge in [-0.15, -0.1) is 0 Å². The Morgan fingerprint density at radius 1 is 1.20 bits per heavy atom. The van der Waals surface area contributed by atoms with E-state index in [2.05, 4.69) is 41.6 Å².